The highest BCUT2D eigenvalue weighted by Gasteiger charge is 2.09. The third kappa shape index (κ3) is 2.65. The number of aryl methyl sites for hydroxylation is 3. The lowest BCUT2D eigenvalue weighted by atomic mass is 10.1. The molecule has 0 saturated carbocycles. The van der Waals surface area contributed by atoms with Gasteiger partial charge in [-0.25, -0.2) is 0 Å². The van der Waals surface area contributed by atoms with Gasteiger partial charge in [-0.05, 0) is 30.2 Å². The van der Waals surface area contributed by atoms with E-state index in [9.17, 15) is 0 Å². The zero-order valence-corrected chi connectivity index (χ0v) is 13.0. The van der Waals surface area contributed by atoms with E-state index in [4.69, 9.17) is 4.42 Å². The monoisotopic (exact) mass is 306 g/mol. The lowest BCUT2D eigenvalue weighted by Crippen LogP contribution is -2.01. The summed E-state index contributed by atoms with van der Waals surface area (Å²) in [5.74, 6) is 1.74. The normalized spacial score (nSPS) is 11.3. The van der Waals surface area contributed by atoms with Crippen molar-refractivity contribution in [3.63, 3.8) is 0 Å². The number of furan rings is 1. The molecule has 0 bridgehead atoms. The van der Waals surface area contributed by atoms with Crippen LogP contribution in [0.3, 0.4) is 0 Å². The molecule has 1 aromatic carbocycles. The van der Waals surface area contributed by atoms with Crippen LogP contribution in [0.15, 0.2) is 53.2 Å². The Bertz CT molecular complexity index is 931. The first kappa shape index (κ1) is 13.8. The van der Waals surface area contributed by atoms with E-state index in [-0.39, 0.29) is 0 Å². The summed E-state index contributed by atoms with van der Waals surface area (Å²) in [5, 5.41) is 9.68. The zero-order valence-electron chi connectivity index (χ0n) is 13.0. The molecule has 0 unspecified atom stereocenters. The maximum atomic E-state index is 5.72. The molecule has 5 nitrogen and oxygen atoms in total. The second-order valence-electron chi connectivity index (χ2n) is 5.60. The minimum Gasteiger partial charge on any atom is -0.459 e. The molecule has 1 N–H and O–H groups in total. The summed E-state index contributed by atoms with van der Waals surface area (Å²) in [6, 6.07) is 12.3. The minimum absolute atomic E-state index is 0.778. The highest BCUT2D eigenvalue weighted by Crippen LogP contribution is 2.21. The van der Waals surface area contributed by atoms with Crippen molar-refractivity contribution < 1.29 is 4.42 Å². The second kappa shape index (κ2) is 5.76. The van der Waals surface area contributed by atoms with Crippen LogP contribution in [-0.4, -0.2) is 20.0 Å². The first-order chi connectivity index (χ1) is 11.3. The van der Waals surface area contributed by atoms with Crippen LogP contribution in [0, 0.1) is 0 Å². The van der Waals surface area contributed by atoms with E-state index in [1.165, 1.54) is 16.5 Å². The van der Waals surface area contributed by atoms with Crippen molar-refractivity contribution in [1.29, 1.82) is 0 Å². The summed E-state index contributed by atoms with van der Waals surface area (Å²) in [6.07, 6.45) is 5.80. The third-order valence-electron chi connectivity index (χ3n) is 4.09. The molecule has 3 heterocycles. The molecule has 4 rings (SSSR count). The van der Waals surface area contributed by atoms with E-state index >= 15 is 0 Å². The van der Waals surface area contributed by atoms with Crippen molar-refractivity contribution in [2.24, 2.45) is 0 Å². The number of nitrogens with one attached hydrogen (secondary N) is 1. The number of nitrogens with zero attached hydrogens (tertiary/aromatic N) is 3. The molecular weight excluding hydrogens is 288 g/mol. The van der Waals surface area contributed by atoms with Crippen LogP contribution in [0.2, 0.25) is 0 Å². The Hall–Kier alpha value is -2.82. The van der Waals surface area contributed by atoms with Crippen LogP contribution in [0.5, 0.6) is 0 Å². The first-order valence-electron chi connectivity index (χ1n) is 7.87. The van der Waals surface area contributed by atoms with Crippen LogP contribution in [0.1, 0.15) is 18.2 Å². The molecule has 23 heavy (non-hydrogen) atoms. The predicted molar refractivity (Wildman–Crippen MR) is 89.1 cm³/mol. The number of H-pyrrole nitrogens is 1. The van der Waals surface area contributed by atoms with Crippen LogP contribution in [0.25, 0.3) is 22.4 Å². The Morgan fingerprint density at radius 2 is 2.09 bits per heavy atom. The fourth-order valence-corrected chi connectivity index (χ4v) is 2.80. The van der Waals surface area contributed by atoms with E-state index in [2.05, 4.69) is 46.6 Å². The van der Waals surface area contributed by atoms with Gasteiger partial charge in [-0.2, -0.15) is 0 Å². The molecule has 0 radical (unpaired) electrons. The first-order valence-corrected chi connectivity index (χ1v) is 7.87. The predicted octanol–water partition coefficient (Wildman–Crippen LogP) is 3.82. The molecule has 0 spiro atoms. The minimum atomic E-state index is 0.778. The molecule has 116 valence electrons. The highest BCUT2D eigenvalue weighted by molar-refractivity contribution is 5.82. The van der Waals surface area contributed by atoms with Crippen molar-refractivity contribution in [1.82, 2.24) is 20.0 Å². The zero-order chi connectivity index (χ0) is 15.6. The number of benzene rings is 1. The van der Waals surface area contributed by atoms with Crippen LogP contribution in [0.4, 0.5) is 0 Å². The van der Waals surface area contributed by atoms with Gasteiger partial charge in [-0.1, -0.05) is 30.3 Å². The molecule has 0 fully saturated rings. The van der Waals surface area contributed by atoms with Crippen molar-refractivity contribution in [2.45, 2.75) is 26.3 Å². The van der Waals surface area contributed by atoms with Crippen LogP contribution in [-0.2, 0) is 19.4 Å². The molecule has 0 aliphatic carbocycles. The van der Waals surface area contributed by atoms with Gasteiger partial charge in [0, 0.05) is 30.1 Å². The molecule has 0 aliphatic rings. The fraction of sp³-hybridized carbons (Fsp3) is 0.222. The van der Waals surface area contributed by atoms with Gasteiger partial charge in [0.05, 0.1) is 6.20 Å². The summed E-state index contributed by atoms with van der Waals surface area (Å²) in [4.78, 5) is 3.30. The Morgan fingerprint density at radius 3 is 2.96 bits per heavy atom. The number of hydrogen-bond acceptors (Lipinski definition) is 3. The Balaban J connectivity index is 1.49. The summed E-state index contributed by atoms with van der Waals surface area (Å²) in [7, 11) is 0. The quantitative estimate of drug-likeness (QED) is 0.609. The van der Waals surface area contributed by atoms with Gasteiger partial charge in [0.2, 0.25) is 0 Å². The molecular formula is C18H18N4O. The largest absolute Gasteiger partial charge is 0.459 e. The number of aromatic amines is 1. The average Bonchev–Trinajstić information content (AvgIpc) is 3.31. The lowest BCUT2D eigenvalue weighted by Gasteiger charge is -1.99. The fourth-order valence-electron chi connectivity index (χ4n) is 2.80. The molecule has 0 aliphatic heterocycles. The van der Waals surface area contributed by atoms with Crippen LogP contribution < -0.4 is 0 Å². The average molecular weight is 306 g/mol. The molecule has 3 aromatic heterocycles. The maximum absolute atomic E-state index is 5.72. The summed E-state index contributed by atoms with van der Waals surface area (Å²) >= 11 is 0. The van der Waals surface area contributed by atoms with Gasteiger partial charge in [0.25, 0.3) is 0 Å². The molecule has 0 saturated heterocycles. The summed E-state index contributed by atoms with van der Waals surface area (Å²) in [5.41, 5.74) is 3.25. The molecule has 0 atom stereocenters. The second-order valence-corrected chi connectivity index (χ2v) is 5.60. The topological polar surface area (TPSA) is 59.6 Å². The molecule has 5 heteroatoms. The molecule has 4 aromatic rings. The lowest BCUT2D eigenvalue weighted by molar-refractivity contribution is 0.527. The number of aromatic nitrogens is 4. The Labute approximate surface area is 133 Å². The highest BCUT2D eigenvalue weighted by atomic mass is 16.3. The smallest absolute Gasteiger partial charge is 0.156 e. The van der Waals surface area contributed by atoms with E-state index in [1.807, 2.05) is 29.1 Å². The van der Waals surface area contributed by atoms with Gasteiger partial charge in [-0.15, -0.1) is 5.10 Å². The van der Waals surface area contributed by atoms with Gasteiger partial charge < -0.3 is 9.40 Å². The van der Waals surface area contributed by atoms with Crippen molar-refractivity contribution >= 4 is 10.9 Å². The van der Waals surface area contributed by atoms with Gasteiger partial charge >= 0.3 is 0 Å². The number of para-hydroxylation sites is 1. The standard InChI is InChI=1S/C18H18N4O/c1-2-14-7-8-18(23-14)17-12-22(21-20-17)10-9-13-11-19-16-6-4-3-5-15(13)16/h3-8,11-12,19H,2,9-10H2,1H3. The van der Waals surface area contributed by atoms with E-state index in [0.717, 1.165) is 36.6 Å². The van der Waals surface area contributed by atoms with Gasteiger partial charge in [0.1, 0.15) is 11.5 Å². The van der Waals surface area contributed by atoms with E-state index in [1.54, 1.807) is 0 Å². The summed E-state index contributed by atoms with van der Waals surface area (Å²) < 4.78 is 7.59. The third-order valence-corrected chi connectivity index (χ3v) is 4.09. The Kier molecular flexibility index (Phi) is 3.46. The number of hydrogen-bond donors (Lipinski definition) is 1. The number of fused-ring (bicyclic) bond motifs is 1. The van der Waals surface area contributed by atoms with Crippen molar-refractivity contribution in [2.75, 3.05) is 0 Å². The van der Waals surface area contributed by atoms with E-state index in [0.29, 0.717) is 0 Å². The van der Waals surface area contributed by atoms with Crippen LogP contribution >= 0.6 is 0 Å². The van der Waals surface area contributed by atoms with Gasteiger partial charge in [-0.3, -0.25) is 4.68 Å². The van der Waals surface area contributed by atoms with Crippen molar-refractivity contribution in [3.8, 4) is 11.5 Å². The summed E-state index contributed by atoms with van der Waals surface area (Å²) in [6.45, 7) is 2.86. The SMILES string of the molecule is CCc1ccc(-c2cn(CCc3c[nH]c4ccccc34)nn2)o1. The van der Waals surface area contributed by atoms with E-state index < -0.39 is 0 Å². The molecule has 0 amide bonds. The van der Waals surface area contributed by atoms with Gasteiger partial charge in [0.15, 0.2) is 5.76 Å². The van der Waals surface area contributed by atoms with Crippen molar-refractivity contribution in [3.05, 3.63) is 60.1 Å². The number of rotatable bonds is 5. The Morgan fingerprint density at radius 1 is 1.17 bits per heavy atom. The maximum Gasteiger partial charge on any atom is 0.156 e.